The Kier molecular flexibility index (Phi) is 5.00. The third-order valence-electron chi connectivity index (χ3n) is 3.65. The fraction of sp³-hybridized carbons (Fsp3) is 0.333. The van der Waals surface area contributed by atoms with Crippen LogP contribution in [-0.2, 0) is 0 Å². The highest BCUT2D eigenvalue weighted by atomic mass is 16.5. The molecule has 5 nitrogen and oxygen atoms in total. The summed E-state index contributed by atoms with van der Waals surface area (Å²) in [5.41, 5.74) is 12.7. The second-order valence-electron chi connectivity index (χ2n) is 5.40. The molecule has 5 heteroatoms. The maximum atomic E-state index is 5.86. The van der Waals surface area contributed by atoms with Crippen molar-refractivity contribution in [1.29, 1.82) is 0 Å². The lowest BCUT2D eigenvalue weighted by atomic mass is 10.1. The largest absolute Gasteiger partial charge is 0.494 e. The zero-order valence-corrected chi connectivity index (χ0v) is 13.1. The van der Waals surface area contributed by atoms with Gasteiger partial charge in [0.05, 0.1) is 13.2 Å². The van der Waals surface area contributed by atoms with E-state index in [0.29, 0.717) is 26.3 Å². The molecular formula is C18H22N2O3. The molecule has 3 aromatic rings. The van der Waals surface area contributed by atoms with Crippen LogP contribution >= 0.6 is 0 Å². The van der Waals surface area contributed by atoms with E-state index in [0.717, 1.165) is 46.3 Å². The Labute approximate surface area is 135 Å². The van der Waals surface area contributed by atoms with Crippen LogP contribution in [0.15, 0.2) is 40.8 Å². The van der Waals surface area contributed by atoms with E-state index in [9.17, 15) is 0 Å². The Morgan fingerprint density at radius 1 is 0.739 bits per heavy atom. The third-order valence-corrected chi connectivity index (χ3v) is 3.65. The fourth-order valence-corrected chi connectivity index (χ4v) is 2.46. The lowest BCUT2D eigenvalue weighted by molar-refractivity contribution is 0.313. The van der Waals surface area contributed by atoms with E-state index < -0.39 is 0 Å². The summed E-state index contributed by atoms with van der Waals surface area (Å²) in [6.07, 6.45) is 1.67. The van der Waals surface area contributed by atoms with Crippen molar-refractivity contribution in [3.63, 3.8) is 0 Å². The van der Waals surface area contributed by atoms with Crippen molar-refractivity contribution >= 4 is 21.9 Å². The monoisotopic (exact) mass is 314 g/mol. The van der Waals surface area contributed by atoms with E-state index >= 15 is 0 Å². The van der Waals surface area contributed by atoms with Crippen LogP contribution in [0, 0.1) is 0 Å². The minimum atomic E-state index is 0.616. The van der Waals surface area contributed by atoms with E-state index in [4.69, 9.17) is 25.4 Å². The maximum Gasteiger partial charge on any atom is 0.135 e. The first-order valence-electron chi connectivity index (χ1n) is 7.94. The molecule has 4 N–H and O–H groups in total. The summed E-state index contributed by atoms with van der Waals surface area (Å²) < 4.78 is 17.3. The smallest absolute Gasteiger partial charge is 0.135 e. The van der Waals surface area contributed by atoms with E-state index in [1.165, 1.54) is 0 Å². The summed E-state index contributed by atoms with van der Waals surface area (Å²) in [7, 11) is 0. The average Bonchev–Trinajstić information content (AvgIpc) is 2.93. The van der Waals surface area contributed by atoms with Crippen LogP contribution < -0.4 is 20.9 Å². The number of furan rings is 1. The molecule has 0 fully saturated rings. The number of fused-ring (bicyclic) bond motifs is 3. The summed E-state index contributed by atoms with van der Waals surface area (Å²) in [4.78, 5) is 0. The standard InChI is InChI=1S/C18H22N2O3/c19-7-1-9-21-13-3-5-17-15(11-13)16-12-14(22-10-2-8-20)4-6-18(16)23-17/h3-6,11-12H,1-2,7-10,19-20H2. The van der Waals surface area contributed by atoms with Crippen molar-refractivity contribution in [2.75, 3.05) is 26.3 Å². The third kappa shape index (κ3) is 3.57. The molecule has 3 rings (SSSR count). The fourth-order valence-electron chi connectivity index (χ4n) is 2.46. The van der Waals surface area contributed by atoms with Crippen molar-refractivity contribution < 1.29 is 13.9 Å². The Morgan fingerprint density at radius 2 is 1.22 bits per heavy atom. The summed E-state index contributed by atoms with van der Waals surface area (Å²) >= 11 is 0. The van der Waals surface area contributed by atoms with Crippen molar-refractivity contribution in [2.24, 2.45) is 11.5 Å². The molecule has 1 aromatic heterocycles. The topological polar surface area (TPSA) is 83.6 Å². The van der Waals surface area contributed by atoms with Gasteiger partial charge in [-0.2, -0.15) is 0 Å². The van der Waals surface area contributed by atoms with Gasteiger partial charge in [-0.3, -0.25) is 0 Å². The van der Waals surface area contributed by atoms with Gasteiger partial charge in [0, 0.05) is 10.8 Å². The van der Waals surface area contributed by atoms with E-state index in [1.807, 2.05) is 36.4 Å². The van der Waals surface area contributed by atoms with Crippen molar-refractivity contribution in [2.45, 2.75) is 12.8 Å². The normalized spacial score (nSPS) is 11.2. The number of hydrogen-bond acceptors (Lipinski definition) is 5. The Bertz CT molecular complexity index is 718. The molecule has 0 aliphatic heterocycles. The zero-order valence-electron chi connectivity index (χ0n) is 13.1. The van der Waals surface area contributed by atoms with Crippen molar-refractivity contribution in [3.05, 3.63) is 36.4 Å². The summed E-state index contributed by atoms with van der Waals surface area (Å²) in [6, 6.07) is 11.7. The lowest BCUT2D eigenvalue weighted by Crippen LogP contribution is -2.06. The molecule has 23 heavy (non-hydrogen) atoms. The first-order valence-corrected chi connectivity index (χ1v) is 7.94. The van der Waals surface area contributed by atoms with Crippen molar-refractivity contribution in [3.8, 4) is 11.5 Å². The molecule has 0 atom stereocenters. The predicted octanol–water partition coefficient (Wildman–Crippen LogP) is 3.04. The Hall–Kier alpha value is -2.24. The van der Waals surface area contributed by atoms with Gasteiger partial charge in [-0.05, 0) is 62.3 Å². The molecule has 0 saturated heterocycles. The van der Waals surface area contributed by atoms with Gasteiger partial charge in [-0.1, -0.05) is 0 Å². The number of hydrogen-bond donors (Lipinski definition) is 2. The van der Waals surface area contributed by atoms with Gasteiger partial charge in [0.15, 0.2) is 0 Å². The van der Waals surface area contributed by atoms with Crippen LogP contribution in [0.4, 0.5) is 0 Å². The molecule has 0 radical (unpaired) electrons. The zero-order chi connectivity index (χ0) is 16.1. The number of rotatable bonds is 8. The van der Waals surface area contributed by atoms with Crippen LogP contribution in [0.1, 0.15) is 12.8 Å². The van der Waals surface area contributed by atoms with Crippen molar-refractivity contribution in [1.82, 2.24) is 0 Å². The number of ether oxygens (including phenoxy) is 2. The van der Waals surface area contributed by atoms with E-state index in [2.05, 4.69) is 0 Å². The van der Waals surface area contributed by atoms with Gasteiger partial charge in [0.1, 0.15) is 22.7 Å². The first-order chi connectivity index (χ1) is 11.3. The summed E-state index contributed by atoms with van der Waals surface area (Å²) in [6.45, 7) is 2.48. The molecule has 122 valence electrons. The van der Waals surface area contributed by atoms with E-state index in [1.54, 1.807) is 0 Å². The van der Waals surface area contributed by atoms with Gasteiger partial charge in [-0.15, -0.1) is 0 Å². The van der Waals surface area contributed by atoms with Crippen LogP contribution in [-0.4, -0.2) is 26.3 Å². The quantitative estimate of drug-likeness (QED) is 0.624. The van der Waals surface area contributed by atoms with Crippen LogP contribution in [0.5, 0.6) is 11.5 Å². The highest BCUT2D eigenvalue weighted by Crippen LogP contribution is 2.33. The number of nitrogens with two attached hydrogens (primary N) is 2. The minimum absolute atomic E-state index is 0.616. The van der Waals surface area contributed by atoms with Crippen LogP contribution in [0.25, 0.3) is 21.9 Å². The van der Waals surface area contributed by atoms with Gasteiger partial charge in [0.2, 0.25) is 0 Å². The Balaban J connectivity index is 1.89. The minimum Gasteiger partial charge on any atom is -0.494 e. The second kappa shape index (κ2) is 7.35. The van der Waals surface area contributed by atoms with Crippen LogP contribution in [0.2, 0.25) is 0 Å². The molecular weight excluding hydrogens is 292 g/mol. The first kappa shape index (κ1) is 15.6. The molecule has 0 aliphatic rings. The average molecular weight is 314 g/mol. The SMILES string of the molecule is NCCCOc1ccc2oc3ccc(OCCCN)cc3c2c1. The van der Waals surface area contributed by atoms with E-state index in [-0.39, 0.29) is 0 Å². The second-order valence-corrected chi connectivity index (χ2v) is 5.40. The van der Waals surface area contributed by atoms with Gasteiger partial charge < -0.3 is 25.4 Å². The number of benzene rings is 2. The van der Waals surface area contributed by atoms with Crippen LogP contribution in [0.3, 0.4) is 0 Å². The molecule has 2 aromatic carbocycles. The Morgan fingerprint density at radius 3 is 1.65 bits per heavy atom. The summed E-state index contributed by atoms with van der Waals surface area (Å²) in [5, 5.41) is 2.05. The van der Waals surface area contributed by atoms with Gasteiger partial charge >= 0.3 is 0 Å². The molecule has 0 unspecified atom stereocenters. The molecule has 0 bridgehead atoms. The molecule has 1 heterocycles. The molecule has 0 saturated carbocycles. The molecule has 0 amide bonds. The highest BCUT2D eigenvalue weighted by molar-refractivity contribution is 6.05. The maximum absolute atomic E-state index is 5.86. The molecule has 0 aliphatic carbocycles. The highest BCUT2D eigenvalue weighted by Gasteiger charge is 2.09. The summed E-state index contributed by atoms with van der Waals surface area (Å²) in [5.74, 6) is 1.64. The van der Waals surface area contributed by atoms with Gasteiger partial charge in [0.25, 0.3) is 0 Å². The molecule has 0 spiro atoms. The van der Waals surface area contributed by atoms with Gasteiger partial charge in [-0.25, -0.2) is 0 Å². The predicted molar refractivity (Wildman–Crippen MR) is 92.1 cm³/mol. The lowest BCUT2D eigenvalue weighted by Gasteiger charge is -2.05.